The SMILES string of the molecule is Brc1ccc2c(c1)c1ccccc1n2-c1ccc([Si](c2ccccc2)(c2ccccc2)c2ccccc2)cc1. The zero-order valence-electron chi connectivity index (χ0n) is 21.3. The Morgan fingerprint density at radius 3 is 1.44 bits per heavy atom. The summed E-state index contributed by atoms with van der Waals surface area (Å²) in [4.78, 5) is 0. The zero-order valence-corrected chi connectivity index (χ0v) is 23.9. The van der Waals surface area contributed by atoms with E-state index in [1.807, 2.05) is 0 Å². The molecule has 0 aliphatic heterocycles. The van der Waals surface area contributed by atoms with E-state index in [1.54, 1.807) is 0 Å². The molecule has 1 heterocycles. The van der Waals surface area contributed by atoms with Crippen molar-refractivity contribution >= 4 is 66.6 Å². The minimum absolute atomic E-state index is 1.10. The van der Waals surface area contributed by atoms with Crippen LogP contribution < -0.4 is 20.7 Å². The van der Waals surface area contributed by atoms with Gasteiger partial charge < -0.3 is 4.57 Å². The van der Waals surface area contributed by atoms with Gasteiger partial charge in [0.1, 0.15) is 0 Å². The monoisotopic (exact) mass is 579 g/mol. The van der Waals surface area contributed by atoms with Gasteiger partial charge in [0.25, 0.3) is 0 Å². The van der Waals surface area contributed by atoms with Crippen LogP contribution in [0.1, 0.15) is 0 Å². The second-order valence-electron chi connectivity index (χ2n) is 9.91. The fourth-order valence-electron chi connectivity index (χ4n) is 6.15. The largest absolute Gasteiger partial charge is 0.309 e. The molecule has 0 saturated carbocycles. The van der Waals surface area contributed by atoms with Crippen molar-refractivity contribution in [3.05, 3.63) is 162 Å². The first kappa shape index (κ1) is 23.9. The van der Waals surface area contributed by atoms with E-state index in [9.17, 15) is 0 Å². The van der Waals surface area contributed by atoms with Crippen LogP contribution in [0.4, 0.5) is 0 Å². The zero-order chi connectivity index (χ0) is 26.2. The predicted molar refractivity (Wildman–Crippen MR) is 172 cm³/mol. The molecule has 0 radical (unpaired) electrons. The lowest BCUT2D eigenvalue weighted by Crippen LogP contribution is -2.74. The van der Waals surface area contributed by atoms with Crippen molar-refractivity contribution in [3.8, 4) is 5.69 Å². The van der Waals surface area contributed by atoms with Crippen molar-refractivity contribution in [3.63, 3.8) is 0 Å². The van der Waals surface area contributed by atoms with Gasteiger partial charge in [-0.05, 0) is 57.1 Å². The van der Waals surface area contributed by atoms with Crippen molar-refractivity contribution in [2.45, 2.75) is 0 Å². The summed E-state index contributed by atoms with van der Waals surface area (Å²) in [7, 11) is -2.54. The maximum absolute atomic E-state index is 3.68. The van der Waals surface area contributed by atoms with E-state index < -0.39 is 8.07 Å². The highest BCUT2D eigenvalue weighted by atomic mass is 79.9. The first-order valence-corrected chi connectivity index (χ1v) is 16.0. The molecule has 0 aliphatic carbocycles. The van der Waals surface area contributed by atoms with Gasteiger partial charge in [-0.15, -0.1) is 0 Å². The number of aromatic nitrogens is 1. The number of fused-ring (bicyclic) bond motifs is 3. The van der Waals surface area contributed by atoms with Gasteiger partial charge in [0, 0.05) is 20.9 Å². The Morgan fingerprint density at radius 2 is 0.872 bits per heavy atom. The molecule has 0 aliphatic rings. The Kier molecular flexibility index (Phi) is 6.03. The molecule has 7 rings (SSSR count). The van der Waals surface area contributed by atoms with Crippen LogP contribution in [-0.4, -0.2) is 12.6 Å². The van der Waals surface area contributed by atoms with Crippen LogP contribution in [0.3, 0.4) is 0 Å². The fourth-order valence-corrected chi connectivity index (χ4v) is 11.3. The van der Waals surface area contributed by atoms with E-state index in [4.69, 9.17) is 0 Å². The number of hydrogen-bond acceptors (Lipinski definition) is 0. The molecule has 0 spiro atoms. The number of hydrogen-bond donors (Lipinski definition) is 0. The second kappa shape index (κ2) is 9.85. The molecule has 0 bridgehead atoms. The third-order valence-corrected chi connectivity index (χ3v) is 13.1. The van der Waals surface area contributed by atoms with Crippen molar-refractivity contribution in [2.75, 3.05) is 0 Å². The lowest BCUT2D eigenvalue weighted by atomic mass is 10.2. The molecule has 6 aromatic carbocycles. The lowest BCUT2D eigenvalue weighted by molar-refractivity contribution is 1.18. The molecule has 0 amide bonds. The molecule has 1 nitrogen and oxygen atoms in total. The van der Waals surface area contributed by atoms with E-state index >= 15 is 0 Å². The van der Waals surface area contributed by atoms with Crippen LogP contribution in [0.15, 0.2) is 162 Å². The second-order valence-corrected chi connectivity index (χ2v) is 14.6. The minimum Gasteiger partial charge on any atom is -0.309 e. The van der Waals surface area contributed by atoms with Gasteiger partial charge in [-0.1, -0.05) is 137 Å². The fraction of sp³-hybridized carbons (Fsp3) is 0. The van der Waals surface area contributed by atoms with Crippen LogP contribution >= 0.6 is 15.9 Å². The highest BCUT2D eigenvalue weighted by Gasteiger charge is 2.41. The first-order valence-electron chi connectivity index (χ1n) is 13.2. The standard InChI is InChI=1S/C36H26BrNSi/c37-27-20-25-36-34(26-27)33-18-10-11-19-35(33)38(36)28-21-23-32(24-22-28)39(29-12-4-1-5-13-29,30-14-6-2-7-15-30)31-16-8-3-9-17-31/h1-26H. The maximum atomic E-state index is 3.68. The van der Waals surface area contributed by atoms with Crippen LogP contribution in [0.5, 0.6) is 0 Å². The van der Waals surface area contributed by atoms with Gasteiger partial charge in [-0.2, -0.15) is 0 Å². The van der Waals surface area contributed by atoms with Gasteiger partial charge >= 0.3 is 0 Å². The Labute approximate surface area is 238 Å². The van der Waals surface area contributed by atoms with Crippen LogP contribution in [0.25, 0.3) is 27.5 Å². The van der Waals surface area contributed by atoms with Crippen molar-refractivity contribution < 1.29 is 0 Å². The van der Waals surface area contributed by atoms with E-state index in [1.165, 1.54) is 48.2 Å². The lowest BCUT2D eigenvalue weighted by Gasteiger charge is -2.34. The molecular weight excluding hydrogens is 554 g/mol. The number of rotatable bonds is 5. The molecule has 39 heavy (non-hydrogen) atoms. The quantitative estimate of drug-likeness (QED) is 0.154. The van der Waals surface area contributed by atoms with E-state index in [0.717, 1.165) is 4.47 Å². The third-order valence-electron chi connectivity index (χ3n) is 7.81. The van der Waals surface area contributed by atoms with Crippen LogP contribution in [-0.2, 0) is 0 Å². The Balaban J connectivity index is 1.49. The molecule has 1 aromatic heterocycles. The van der Waals surface area contributed by atoms with Crippen molar-refractivity contribution in [2.24, 2.45) is 0 Å². The highest BCUT2D eigenvalue weighted by molar-refractivity contribution is 9.10. The number of nitrogens with zero attached hydrogens (tertiary/aromatic N) is 1. The summed E-state index contributed by atoms with van der Waals surface area (Å²) in [6.45, 7) is 0. The summed E-state index contributed by atoms with van der Waals surface area (Å²) in [6.07, 6.45) is 0. The number of halogens is 1. The molecule has 186 valence electrons. The predicted octanol–water partition coefficient (Wildman–Crippen LogP) is 6.92. The molecule has 7 aromatic rings. The molecule has 0 N–H and O–H groups in total. The summed E-state index contributed by atoms with van der Waals surface area (Å²) >= 11 is 3.68. The van der Waals surface area contributed by atoms with E-state index in [-0.39, 0.29) is 0 Å². The minimum atomic E-state index is -2.54. The third kappa shape index (κ3) is 3.89. The van der Waals surface area contributed by atoms with Crippen molar-refractivity contribution in [1.82, 2.24) is 4.57 Å². The summed E-state index contributed by atoms with van der Waals surface area (Å²) in [5, 5.41) is 8.05. The maximum Gasteiger partial charge on any atom is 0.179 e. The van der Waals surface area contributed by atoms with Gasteiger partial charge in [0.05, 0.1) is 11.0 Å². The molecule has 0 saturated heterocycles. The normalized spacial score (nSPS) is 11.7. The van der Waals surface area contributed by atoms with E-state index in [2.05, 4.69) is 178 Å². The first-order chi connectivity index (χ1) is 19.3. The average Bonchev–Trinajstić information content (AvgIpc) is 3.33. The molecule has 0 atom stereocenters. The highest BCUT2D eigenvalue weighted by Crippen LogP contribution is 2.33. The summed E-state index contributed by atoms with van der Waals surface area (Å²) < 4.78 is 3.48. The number of para-hydroxylation sites is 1. The smallest absolute Gasteiger partial charge is 0.179 e. The van der Waals surface area contributed by atoms with Crippen LogP contribution in [0, 0.1) is 0 Å². The van der Waals surface area contributed by atoms with Gasteiger partial charge in [-0.25, -0.2) is 0 Å². The van der Waals surface area contributed by atoms with Gasteiger partial charge in [0.15, 0.2) is 8.07 Å². The topological polar surface area (TPSA) is 4.93 Å². The molecular formula is C36H26BrNSi. The van der Waals surface area contributed by atoms with Crippen molar-refractivity contribution in [1.29, 1.82) is 0 Å². The summed E-state index contributed by atoms with van der Waals surface area (Å²) in [5.74, 6) is 0. The molecule has 0 fully saturated rings. The molecule has 3 heteroatoms. The Morgan fingerprint density at radius 1 is 0.410 bits per heavy atom. The molecule has 0 unspecified atom stereocenters. The Bertz CT molecular complexity index is 1800. The van der Waals surface area contributed by atoms with Gasteiger partial charge in [0.2, 0.25) is 0 Å². The van der Waals surface area contributed by atoms with Crippen LogP contribution in [0.2, 0.25) is 0 Å². The van der Waals surface area contributed by atoms with E-state index in [0.29, 0.717) is 0 Å². The number of benzene rings is 6. The average molecular weight is 581 g/mol. The summed E-state index contributed by atoms with van der Waals surface area (Å²) in [5.41, 5.74) is 3.60. The summed E-state index contributed by atoms with van der Waals surface area (Å²) in [6, 6.07) is 57.8. The van der Waals surface area contributed by atoms with Gasteiger partial charge in [-0.3, -0.25) is 0 Å². The Hall–Kier alpha value is -4.18.